The Balaban J connectivity index is 1.72. The van der Waals surface area contributed by atoms with E-state index in [-0.39, 0.29) is 41.1 Å². The number of halogens is 1. The van der Waals surface area contributed by atoms with E-state index in [2.05, 4.69) is 21.2 Å². The summed E-state index contributed by atoms with van der Waals surface area (Å²) in [5.74, 6) is -1.88. The molecule has 3 heterocycles. The predicted molar refractivity (Wildman–Crippen MR) is 131 cm³/mol. The third-order valence-electron chi connectivity index (χ3n) is 7.13. The number of likely N-dealkylation sites (tertiary alicyclic amines) is 1. The maximum absolute atomic E-state index is 13.8. The molecule has 33 heavy (non-hydrogen) atoms. The van der Waals surface area contributed by atoms with E-state index in [0.717, 1.165) is 16.8 Å². The van der Waals surface area contributed by atoms with Crippen LogP contribution in [0.1, 0.15) is 37.3 Å². The number of aryl methyl sites for hydroxylation is 2. The van der Waals surface area contributed by atoms with Crippen LogP contribution in [-0.4, -0.2) is 68.4 Å². The van der Waals surface area contributed by atoms with Crippen molar-refractivity contribution in [3.05, 3.63) is 29.3 Å². The fourth-order valence-electron chi connectivity index (χ4n) is 5.78. The van der Waals surface area contributed by atoms with Crippen LogP contribution in [-0.2, 0) is 19.1 Å². The molecule has 2 bridgehead atoms. The van der Waals surface area contributed by atoms with Gasteiger partial charge in [-0.3, -0.25) is 14.4 Å². The molecule has 6 atom stereocenters. The Hall–Kier alpha value is -1.58. The zero-order chi connectivity index (χ0) is 23.9. The van der Waals surface area contributed by atoms with Crippen LogP contribution in [0.5, 0.6) is 0 Å². The van der Waals surface area contributed by atoms with E-state index < -0.39 is 22.6 Å². The lowest BCUT2D eigenvalue weighted by atomic mass is 9.71. The topological polar surface area (TPSA) is 95.9 Å². The monoisotopic (exact) mass is 538 g/mol. The molecular weight excluding hydrogens is 508 g/mol. The second kappa shape index (κ2) is 9.58. The van der Waals surface area contributed by atoms with Crippen molar-refractivity contribution < 1.29 is 24.2 Å². The summed E-state index contributed by atoms with van der Waals surface area (Å²) < 4.78 is 4.67. The van der Waals surface area contributed by atoms with Gasteiger partial charge in [-0.1, -0.05) is 34.1 Å². The number of carbonyl (C=O) groups is 3. The van der Waals surface area contributed by atoms with Gasteiger partial charge in [0.2, 0.25) is 11.8 Å². The number of nitrogens with one attached hydrogen (secondary N) is 1. The van der Waals surface area contributed by atoms with E-state index in [1.807, 2.05) is 32.0 Å². The van der Waals surface area contributed by atoms with E-state index in [1.54, 1.807) is 23.6 Å². The van der Waals surface area contributed by atoms with Crippen molar-refractivity contribution in [3.63, 3.8) is 0 Å². The fraction of sp³-hybridized carbons (Fsp3) is 0.625. The highest BCUT2D eigenvalue weighted by atomic mass is 79.9. The highest BCUT2D eigenvalue weighted by molar-refractivity contribution is 9.09. The number of benzene rings is 1. The van der Waals surface area contributed by atoms with E-state index in [9.17, 15) is 19.5 Å². The minimum absolute atomic E-state index is 0.0221. The molecule has 3 unspecified atom stereocenters. The van der Waals surface area contributed by atoms with Crippen LogP contribution in [0.15, 0.2) is 18.2 Å². The predicted octanol–water partition coefficient (Wildman–Crippen LogP) is 3.04. The van der Waals surface area contributed by atoms with Gasteiger partial charge >= 0.3 is 5.97 Å². The third kappa shape index (κ3) is 4.00. The van der Waals surface area contributed by atoms with Gasteiger partial charge in [-0.2, -0.15) is 0 Å². The molecule has 3 fully saturated rings. The van der Waals surface area contributed by atoms with Gasteiger partial charge in [-0.15, -0.1) is 11.8 Å². The Bertz CT molecular complexity index is 939. The van der Waals surface area contributed by atoms with Crippen LogP contribution in [0, 0.1) is 25.7 Å². The highest BCUT2D eigenvalue weighted by Crippen LogP contribution is 2.67. The Morgan fingerprint density at radius 3 is 2.64 bits per heavy atom. The SMILES string of the molecule is CCOC(=O)[C@H]1[C@H]2C(=O)N(CCCCO)C(C(=O)Nc3c(C)cccc3C)C23CC(Br)[C@@H]1S3. The molecule has 2 amide bonds. The number of aliphatic hydroxyl groups excluding tert-OH is 1. The van der Waals surface area contributed by atoms with Crippen LogP contribution in [0.2, 0.25) is 0 Å². The molecule has 1 aromatic rings. The lowest BCUT2D eigenvalue weighted by Crippen LogP contribution is -2.52. The summed E-state index contributed by atoms with van der Waals surface area (Å²) >= 11 is 5.34. The largest absolute Gasteiger partial charge is 0.466 e. The third-order valence-corrected chi connectivity index (χ3v) is 10.4. The second-order valence-electron chi connectivity index (χ2n) is 9.13. The standard InChI is InChI=1S/C24H31BrN2O5S/c1-4-32-23(31)16-17-22(30)27(10-5-6-11-28)20(24(17)12-15(25)19(16)33-24)21(29)26-18-13(2)8-7-9-14(18)3/h7-9,15-17,19-20,28H,4-6,10-12H2,1-3H3,(H,26,29)/t15?,16-,17-,19-,20?,24?/m0/s1. The first-order valence-electron chi connectivity index (χ1n) is 11.5. The number of alkyl halides is 1. The lowest BCUT2D eigenvalue weighted by molar-refractivity contribution is -0.153. The average molecular weight is 539 g/mol. The first kappa shape index (κ1) is 24.5. The number of anilines is 1. The molecular formula is C24H31BrN2O5S. The molecule has 9 heteroatoms. The maximum Gasteiger partial charge on any atom is 0.310 e. The van der Waals surface area contributed by atoms with Gasteiger partial charge in [0.05, 0.1) is 23.2 Å². The number of unbranched alkanes of at least 4 members (excludes halogenated alkanes) is 1. The van der Waals surface area contributed by atoms with Crippen molar-refractivity contribution in [1.82, 2.24) is 4.90 Å². The molecule has 1 aromatic carbocycles. The molecule has 0 aliphatic carbocycles. The highest BCUT2D eigenvalue weighted by Gasteiger charge is 2.75. The number of hydrogen-bond acceptors (Lipinski definition) is 6. The van der Waals surface area contributed by atoms with Crippen LogP contribution in [0.3, 0.4) is 0 Å². The van der Waals surface area contributed by atoms with Gasteiger partial charge in [-0.25, -0.2) is 0 Å². The van der Waals surface area contributed by atoms with E-state index >= 15 is 0 Å². The minimum Gasteiger partial charge on any atom is -0.466 e. The molecule has 0 radical (unpaired) electrons. The molecule has 3 aliphatic rings. The number of nitrogens with zero attached hydrogens (tertiary/aromatic N) is 1. The Kier molecular flexibility index (Phi) is 7.13. The average Bonchev–Trinajstić information content (AvgIpc) is 3.35. The first-order valence-corrected chi connectivity index (χ1v) is 13.3. The number of hydrogen-bond donors (Lipinski definition) is 2. The van der Waals surface area contributed by atoms with E-state index in [1.165, 1.54) is 0 Å². The van der Waals surface area contributed by atoms with Crippen molar-refractivity contribution in [3.8, 4) is 0 Å². The van der Waals surface area contributed by atoms with Crippen molar-refractivity contribution in [1.29, 1.82) is 0 Å². The number of para-hydroxylation sites is 1. The van der Waals surface area contributed by atoms with Gasteiger partial charge < -0.3 is 20.1 Å². The van der Waals surface area contributed by atoms with Crippen molar-refractivity contribution in [2.24, 2.45) is 11.8 Å². The normalized spacial score (nSPS) is 32.2. The minimum atomic E-state index is -0.692. The first-order chi connectivity index (χ1) is 15.8. The van der Waals surface area contributed by atoms with Crippen molar-refractivity contribution in [2.45, 2.75) is 60.9 Å². The molecule has 4 rings (SSSR count). The van der Waals surface area contributed by atoms with Gasteiger partial charge in [0, 0.05) is 28.9 Å². The van der Waals surface area contributed by atoms with Crippen molar-refractivity contribution >= 4 is 51.2 Å². The number of amides is 2. The summed E-state index contributed by atoms with van der Waals surface area (Å²) in [5.41, 5.74) is 2.68. The second-order valence-corrected chi connectivity index (χ2v) is 11.9. The number of fused-ring (bicyclic) bond motifs is 1. The Morgan fingerprint density at radius 1 is 1.30 bits per heavy atom. The van der Waals surface area contributed by atoms with Crippen molar-refractivity contribution in [2.75, 3.05) is 25.1 Å². The molecule has 0 saturated carbocycles. The van der Waals surface area contributed by atoms with Crippen LogP contribution < -0.4 is 5.32 Å². The Morgan fingerprint density at radius 2 is 2.00 bits per heavy atom. The zero-order valence-corrected chi connectivity index (χ0v) is 21.6. The molecule has 7 nitrogen and oxygen atoms in total. The maximum atomic E-state index is 13.8. The number of ether oxygens (including phenoxy) is 1. The zero-order valence-electron chi connectivity index (χ0n) is 19.2. The summed E-state index contributed by atoms with van der Waals surface area (Å²) in [4.78, 5) is 42.2. The van der Waals surface area contributed by atoms with Crippen LogP contribution in [0.25, 0.3) is 0 Å². The number of rotatable bonds is 8. The lowest BCUT2D eigenvalue weighted by Gasteiger charge is -2.35. The number of carbonyl (C=O) groups excluding carboxylic acids is 3. The molecule has 3 aliphatic heterocycles. The van der Waals surface area contributed by atoms with E-state index in [0.29, 0.717) is 25.8 Å². The van der Waals surface area contributed by atoms with E-state index in [4.69, 9.17) is 4.74 Å². The molecule has 0 aromatic heterocycles. The quantitative estimate of drug-likeness (QED) is 0.300. The summed E-state index contributed by atoms with van der Waals surface area (Å²) in [6, 6.07) is 5.15. The van der Waals surface area contributed by atoms with Gasteiger partial charge in [0.25, 0.3) is 0 Å². The van der Waals surface area contributed by atoms with Gasteiger partial charge in [0.1, 0.15) is 6.04 Å². The smallest absolute Gasteiger partial charge is 0.310 e. The van der Waals surface area contributed by atoms with Crippen LogP contribution >= 0.6 is 27.7 Å². The summed E-state index contributed by atoms with van der Waals surface area (Å²) in [7, 11) is 0. The van der Waals surface area contributed by atoms with Gasteiger partial charge in [-0.05, 0) is 51.2 Å². The summed E-state index contributed by atoms with van der Waals surface area (Å²) in [6.07, 6.45) is 1.77. The summed E-state index contributed by atoms with van der Waals surface area (Å²) in [6.45, 7) is 6.31. The number of thioether (sulfide) groups is 1. The molecule has 3 saturated heterocycles. The Labute approximate surface area is 207 Å². The fourth-order valence-corrected chi connectivity index (χ4v) is 9.38. The molecule has 1 spiro atoms. The van der Waals surface area contributed by atoms with Crippen LogP contribution in [0.4, 0.5) is 5.69 Å². The number of esters is 1. The summed E-state index contributed by atoms with van der Waals surface area (Å²) in [5, 5.41) is 12.3. The molecule has 2 N–H and O–H groups in total. The molecule has 180 valence electrons. The van der Waals surface area contributed by atoms with Gasteiger partial charge in [0.15, 0.2) is 0 Å². The number of aliphatic hydroxyl groups is 1.